The largest absolute Gasteiger partial charge is 0.444 e. The molecule has 5 rings (SSSR count). The molecule has 2 atom stereocenters. The van der Waals surface area contributed by atoms with E-state index in [1.807, 2.05) is 39.0 Å². The fraction of sp³-hybridized carbons (Fsp3) is 0.500. The summed E-state index contributed by atoms with van der Waals surface area (Å²) in [6, 6.07) is 7.39. The van der Waals surface area contributed by atoms with E-state index >= 15 is 0 Å². The highest BCUT2D eigenvalue weighted by Crippen LogP contribution is 2.44. The van der Waals surface area contributed by atoms with Gasteiger partial charge < -0.3 is 19.4 Å². The van der Waals surface area contributed by atoms with Gasteiger partial charge in [0.1, 0.15) is 5.60 Å². The van der Waals surface area contributed by atoms with E-state index in [0.29, 0.717) is 31.3 Å². The van der Waals surface area contributed by atoms with Crippen LogP contribution in [0.25, 0.3) is 11.5 Å². The summed E-state index contributed by atoms with van der Waals surface area (Å²) in [6.45, 7) is 6.20. The van der Waals surface area contributed by atoms with Crippen LogP contribution < -0.4 is 5.32 Å². The van der Waals surface area contributed by atoms with Crippen molar-refractivity contribution in [3.8, 4) is 11.5 Å². The summed E-state index contributed by atoms with van der Waals surface area (Å²) in [7, 11) is 0. The van der Waals surface area contributed by atoms with Gasteiger partial charge in [-0.15, -0.1) is 15.3 Å². The quantitative estimate of drug-likeness (QED) is 0.571. The standard InChI is InChI=1S/C24H29N7O4/c1-24(2,3)35-23(33)31-13-16(12-17(31)14-30-11-10-25-29-30)26-20(32)22-28-27-21(34-22)19-7-5-4-6-18(19)15-8-9-15/h4-7,10-11,15-17H,8-9,12-14H2,1-3H3,(H,26,32). The van der Waals surface area contributed by atoms with Crippen LogP contribution in [0.4, 0.5) is 4.79 Å². The number of benzene rings is 1. The van der Waals surface area contributed by atoms with Crippen molar-refractivity contribution < 1.29 is 18.7 Å². The number of hydrogen-bond donors (Lipinski definition) is 1. The van der Waals surface area contributed by atoms with Crippen LogP contribution in [0.2, 0.25) is 0 Å². The van der Waals surface area contributed by atoms with Crippen LogP contribution in [0.5, 0.6) is 0 Å². The molecule has 1 N–H and O–H groups in total. The lowest BCUT2D eigenvalue weighted by atomic mass is 10.0. The predicted octanol–water partition coefficient (Wildman–Crippen LogP) is 3.01. The molecule has 1 aromatic carbocycles. The molecule has 2 aliphatic rings. The average Bonchev–Trinajstić information content (AvgIpc) is 3.17. The van der Waals surface area contributed by atoms with Gasteiger partial charge in [0.05, 0.1) is 18.8 Å². The Morgan fingerprint density at radius 3 is 2.71 bits per heavy atom. The van der Waals surface area contributed by atoms with E-state index in [0.717, 1.165) is 18.4 Å². The van der Waals surface area contributed by atoms with Crippen LogP contribution in [0.15, 0.2) is 41.1 Å². The Kier molecular flexibility index (Phi) is 6.00. The summed E-state index contributed by atoms with van der Waals surface area (Å²) >= 11 is 0. The molecule has 2 unspecified atom stereocenters. The third-order valence-corrected chi connectivity index (χ3v) is 6.08. The van der Waals surface area contributed by atoms with Gasteiger partial charge in [0.15, 0.2) is 0 Å². The molecule has 1 aliphatic carbocycles. The number of nitrogens with zero attached hydrogens (tertiary/aromatic N) is 6. The first-order valence-corrected chi connectivity index (χ1v) is 11.8. The lowest BCUT2D eigenvalue weighted by Gasteiger charge is -2.28. The van der Waals surface area contributed by atoms with Crippen molar-refractivity contribution >= 4 is 12.0 Å². The minimum absolute atomic E-state index is 0.103. The van der Waals surface area contributed by atoms with Gasteiger partial charge in [-0.1, -0.05) is 23.4 Å². The molecule has 0 bridgehead atoms. The zero-order valence-electron chi connectivity index (χ0n) is 20.0. The minimum atomic E-state index is -0.632. The maximum Gasteiger partial charge on any atom is 0.410 e. The third-order valence-electron chi connectivity index (χ3n) is 6.08. The number of nitrogens with one attached hydrogen (secondary N) is 1. The normalized spacial score (nSPS) is 20.1. The highest BCUT2D eigenvalue weighted by molar-refractivity contribution is 5.90. The number of ether oxygens (including phenoxy) is 1. The Labute approximate surface area is 202 Å². The Morgan fingerprint density at radius 2 is 2.00 bits per heavy atom. The second kappa shape index (κ2) is 9.12. The van der Waals surface area contributed by atoms with Gasteiger partial charge >= 0.3 is 17.9 Å². The van der Waals surface area contributed by atoms with Crippen LogP contribution >= 0.6 is 0 Å². The van der Waals surface area contributed by atoms with E-state index < -0.39 is 17.6 Å². The van der Waals surface area contributed by atoms with Crippen molar-refractivity contribution in [1.82, 2.24) is 35.4 Å². The lowest BCUT2D eigenvalue weighted by molar-refractivity contribution is 0.0207. The van der Waals surface area contributed by atoms with Crippen molar-refractivity contribution in [3.63, 3.8) is 0 Å². The molecule has 0 radical (unpaired) electrons. The predicted molar refractivity (Wildman–Crippen MR) is 124 cm³/mol. The summed E-state index contributed by atoms with van der Waals surface area (Å²) in [5, 5.41) is 18.9. The second-order valence-corrected chi connectivity index (χ2v) is 10.1. The van der Waals surface area contributed by atoms with Gasteiger partial charge in [0.25, 0.3) is 0 Å². The molecule has 1 saturated heterocycles. The fourth-order valence-electron chi connectivity index (χ4n) is 4.40. The van der Waals surface area contributed by atoms with Gasteiger partial charge in [-0.05, 0) is 57.6 Å². The summed E-state index contributed by atoms with van der Waals surface area (Å²) in [5.41, 5.74) is 1.40. The van der Waals surface area contributed by atoms with E-state index in [4.69, 9.17) is 9.15 Å². The number of likely N-dealkylation sites (tertiary alicyclic amines) is 1. The molecule has 2 fully saturated rings. The van der Waals surface area contributed by atoms with Crippen molar-refractivity contribution in [2.45, 2.75) is 70.2 Å². The molecular formula is C24H29N7O4. The molecule has 2 amide bonds. The van der Waals surface area contributed by atoms with Gasteiger partial charge in [-0.2, -0.15) is 0 Å². The Balaban J connectivity index is 1.28. The number of hydrogen-bond acceptors (Lipinski definition) is 8. The first-order valence-electron chi connectivity index (χ1n) is 11.8. The van der Waals surface area contributed by atoms with Crippen LogP contribution in [-0.2, 0) is 11.3 Å². The highest BCUT2D eigenvalue weighted by Gasteiger charge is 2.39. The number of rotatable bonds is 6. The van der Waals surface area contributed by atoms with Crippen LogP contribution in [-0.4, -0.2) is 66.3 Å². The first-order chi connectivity index (χ1) is 16.8. The Hall–Kier alpha value is -3.76. The summed E-state index contributed by atoms with van der Waals surface area (Å²) < 4.78 is 13.0. The second-order valence-electron chi connectivity index (χ2n) is 10.1. The summed E-state index contributed by atoms with van der Waals surface area (Å²) in [4.78, 5) is 27.4. The van der Waals surface area contributed by atoms with E-state index in [9.17, 15) is 9.59 Å². The number of carbonyl (C=O) groups excluding carboxylic acids is 2. The van der Waals surface area contributed by atoms with Gasteiger partial charge in [-0.3, -0.25) is 9.48 Å². The molecule has 2 aromatic heterocycles. The maximum absolute atomic E-state index is 12.9. The van der Waals surface area contributed by atoms with Gasteiger partial charge in [0.2, 0.25) is 5.89 Å². The molecular weight excluding hydrogens is 450 g/mol. The van der Waals surface area contributed by atoms with Crippen molar-refractivity contribution in [3.05, 3.63) is 48.1 Å². The molecule has 11 nitrogen and oxygen atoms in total. The SMILES string of the molecule is CC(C)(C)OC(=O)N1CC(NC(=O)c2nnc(-c3ccccc3C3CC3)o2)CC1Cn1ccnn1. The topological polar surface area (TPSA) is 128 Å². The molecule has 11 heteroatoms. The summed E-state index contributed by atoms with van der Waals surface area (Å²) in [5.74, 6) is 0.274. The Morgan fingerprint density at radius 1 is 1.20 bits per heavy atom. The van der Waals surface area contributed by atoms with Crippen LogP contribution in [0.3, 0.4) is 0 Å². The molecule has 3 heterocycles. The molecule has 3 aromatic rings. The zero-order valence-corrected chi connectivity index (χ0v) is 20.0. The third kappa shape index (κ3) is 5.33. The number of aromatic nitrogens is 5. The van der Waals surface area contributed by atoms with E-state index in [1.165, 1.54) is 5.56 Å². The van der Waals surface area contributed by atoms with Gasteiger partial charge in [0, 0.05) is 24.3 Å². The first kappa shape index (κ1) is 23.0. The highest BCUT2D eigenvalue weighted by atomic mass is 16.6. The van der Waals surface area contributed by atoms with E-state index in [2.05, 4.69) is 31.9 Å². The van der Waals surface area contributed by atoms with E-state index in [-0.39, 0.29) is 18.0 Å². The van der Waals surface area contributed by atoms with Gasteiger partial charge in [-0.25, -0.2) is 4.79 Å². The van der Waals surface area contributed by atoms with Crippen molar-refractivity contribution in [2.75, 3.05) is 6.54 Å². The monoisotopic (exact) mass is 479 g/mol. The smallest absolute Gasteiger partial charge is 0.410 e. The van der Waals surface area contributed by atoms with Crippen molar-refractivity contribution in [2.24, 2.45) is 0 Å². The fourth-order valence-corrected chi connectivity index (χ4v) is 4.40. The maximum atomic E-state index is 12.9. The number of amides is 2. The summed E-state index contributed by atoms with van der Waals surface area (Å²) in [6.07, 6.45) is 5.69. The van der Waals surface area contributed by atoms with Crippen molar-refractivity contribution in [1.29, 1.82) is 0 Å². The molecule has 184 valence electrons. The van der Waals surface area contributed by atoms with E-state index in [1.54, 1.807) is 22.0 Å². The van der Waals surface area contributed by atoms with Crippen LogP contribution in [0.1, 0.15) is 62.2 Å². The lowest BCUT2D eigenvalue weighted by Crippen LogP contribution is -2.43. The average molecular weight is 480 g/mol. The minimum Gasteiger partial charge on any atom is -0.444 e. The molecule has 0 spiro atoms. The molecule has 35 heavy (non-hydrogen) atoms. The molecule has 1 saturated carbocycles. The Bertz CT molecular complexity index is 1200. The zero-order chi connectivity index (χ0) is 24.6. The van der Waals surface area contributed by atoms with Crippen LogP contribution in [0, 0.1) is 0 Å². The molecule has 1 aliphatic heterocycles. The number of carbonyl (C=O) groups is 2.